The van der Waals surface area contributed by atoms with Crippen molar-refractivity contribution in [2.24, 2.45) is 0 Å². The molecule has 0 saturated heterocycles. The standard InChI is InChI=1S/C12H8N4O4S/c1-7-14-15-11(17)10(16(18)19)9(13-12(15)21-7)5-4-8-3-2-6-20-8/h2-6H,1H3. The van der Waals surface area contributed by atoms with Crippen LogP contribution < -0.4 is 5.56 Å². The lowest BCUT2D eigenvalue weighted by Gasteiger charge is -1.96. The van der Waals surface area contributed by atoms with Gasteiger partial charge >= 0.3 is 11.2 Å². The van der Waals surface area contributed by atoms with E-state index in [4.69, 9.17) is 4.42 Å². The number of nitro groups is 1. The number of hydrogen-bond acceptors (Lipinski definition) is 7. The fourth-order valence-corrected chi connectivity index (χ4v) is 2.52. The predicted molar refractivity (Wildman–Crippen MR) is 76.2 cm³/mol. The smallest absolute Gasteiger partial charge is 0.361 e. The molecule has 21 heavy (non-hydrogen) atoms. The molecule has 3 aromatic heterocycles. The largest absolute Gasteiger partial charge is 0.465 e. The second-order valence-corrected chi connectivity index (χ2v) is 5.23. The SMILES string of the molecule is Cc1nn2c(=O)c([N+](=O)[O-])c(C=Cc3ccco3)nc2s1. The fraction of sp³-hybridized carbons (Fsp3) is 0.0833. The van der Waals surface area contributed by atoms with E-state index in [-0.39, 0.29) is 5.69 Å². The highest BCUT2D eigenvalue weighted by atomic mass is 32.1. The zero-order valence-corrected chi connectivity index (χ0v) is 11.5. The molecule has 0 aliphatic carbocycles. The van der Waals surface area contributed by atoms with Gasteiger partial charge in [0.1, 0.15) is 10.8 Å². The van der Waals surface area contributed by atoms with E-state index in [1.165, 1.54) is 29.8 Å². The summed E-state index contributed by atoms with van der Waals surface area (Å²) in [5.41, 5.74) is -1.43. The van der Waals surface area contributed by atoms with Crippen LogP contribution in [-0.2, 0) is 0 Å². The Morgan fingerprint density at radius 3 is 2.95 bits per heavy atom. The molecule has 0 amide bonds. The van der Waals surface area contributed by atoms with Crippen molar-refractivity contribution in [1.29, 1.82) is 0 Å². The third kappa shape index (κ3) is 2.34. The van der Waals surface area contributed by atoms with Crippen LogP contribution in [0, 0.1) is 17.0 Å². The quantitative estimate of drug-likeness (QED) is 0.542. The fourth-order valence-electron chi connectivity index (χ4n) is 1.78. The molecule has 106 valence electrons. The average Bonchev–Trinajstić information content (AvgIpc) is 3.04. The molecule has 0 aromatic carbocycles. The first-order valence-electron chi connectivity index (χ1n) is 5.83. The molecule has 8 nitrogen and oxygen atoms in total. The highest BCUT2D eigenvalue weighted by molar-refractivity contribution is 7.16. The van der Waals surface area contributed by atoms with Gasteiger partial charge in [-0.3, -0.25) is 14.9 Å². The van der Waals surface area contributed by atoms with Crippen LogP contribution in [0.25, 0.3) is 17.1 Å². The Balaban J connectivity index is 2.22. The Morgan fingerprint density at radius 2 is 2.29 bits per heavy atom. The molecule has 0 aliphatic rings. The Labute approximate surface area is 121 Å². The zero-order valence-electron chi connectivity index (χ0n) is 10.7. The first-order chi connectivity index (χ1) is 10.1. The summed E-state index contributed by atoms with van der Waals surface area (Å²) >= 11 is 1.19. The number of aryl methyl sites for hydroxylation is 1. The summed E-state index contributed by atoms with van der Waals surface area (Å²) in [7, 11) is 0. The first-order valence-corrected chi connectivity index (χ1v) is 6.64. The topological polar surface area (TPSA) is 104 Å². The van der Waals surface area contributed by atoms with Crippen LogP contribution in [0.15, 0.2) is 27.6 Å². The van der Waals surface area contributed by atoms with Crippen molar-refractivity contribution in [2.45, 2.75) is 6.92 Å². The molecule has 3 aromatic rings. The number of rotatable bonds is 3. The molecule has 0 radical (unpaired) electrons. The van der Waals surface area contributed by atoms with Gasteiger partial charge in [0.25, 0.3) is 0 Å². The van der Waals surface area contributed by atoms with Crippen LogP contribution in [-0.4, -0.2) is 19.5 Å². The number of furan rings is 1. The summed E-state index contributed by atoms with van der Waals surface area (Å²) in [5.74, 6) is 0.506. The van der Waals surface area contributed by atoms with Gasteiger partial charge in [0.15, 0.2) is 5.69 Å². The Hall–Kier alpha value is -2.81. The first kappa shape index (κ1) is 13.2. The molecule has 0 saturated carbocycles. The van der Waals surface area contributed by atoms with Gasteiger partial charge < -0.3 is 4.42 Å². The number of nitrogens with zero attached hydrogens (tertiary/aromatic N) is 4. The normalized spacial score (nSPS) is 11.5. The molecular weight excluding hydrogens is 296 g/mol. The lowest BCUT2D eigenvalue weighted by atomic mass is 10.3. The lowest BCUT2D eigenvalue weighted by Crippen LogP contribution is -2.20. The van der Waals surface area contributed by atoms with Crippen molar-refractivity contribution in [3.63, 3.8) is 0 Å². The average molecular weight is 304 g/mol. The van der Waals surface area contributed by atoms with Crippen molar-refractivity contribution >= 4 is 34.1 Å². The Bertz CT molecular complexity index is 907. The van der Waals surface area contributed by atoms with Gasteiger partial charge in [-0.25, -0.2) is 4.98 Å². The number of fused-ring (bicyclic) bond motifs is 1. The van der Waals surface area contributed by atoms with Crippen LogP contribution in [0.3, 0.4) is 0 Å². The molecule has 0 aliphatic heterocycles. The van der Waals surface area contributed by atoms with Crippen molar-refractivity contribution in [2.75, 3.05) is 0 Å². The Morgan fingerprint density at radius 1 is 1.48 bits per heavy atom. The van der Waals surface area contributed by atoms with Crippen molar-refractivity contribution in [3.8, 4) is 0 Å². The summed E-state index contributed by atoms with van der Waals surface area (Å²) < 4.78 is 6.05. The van der Waals surface area contributed by atoms with E-state index < -0.39 is 16.2 Å². The van der Waals surface area contributed by atoms with Crippen molar-refractivity contribution in [3.05, 3.63) is 55.3 Å². The minimum atomic E-state index is -0.798. The molecule has 3 rings (SSSR count). The molecule has 0 fully saturated rings. The van der Waals surface area contributed by atoms with Gasteiger partial charge in [-0.15, -0.1) is 0 Å². The molecule has 0 N–H and O–H groups in total. The van der Waals surface area contributed by atoms with Crippen LogP contribution in [0.5, 0.6) is 0 Å². The van der Waals surface area contributed by atoms with Crippen LogP contribution in [0.1, 0.15) is 16.5 Å². The van der Waals surface area contributed by atoms with Gasteiger partial charge in [0.05, 0.1) is 11.2 Å². The second kappa shape index (κ2) is 4.94. The van der Waals surface area contributed by atoms with E-state index in [0.717, 1.165) is 4.52 Å². The molecule has 0 spiro atoms. The third-order valence-corrected chi connectivity index (χ3v) is 3.47. The number of hydrogen-bond donors (Lipinski definition) is 0. The van der Waals surface area contributed by atoms with Crippen LogP contribution in [0.4, 0.5) is 5.69 Å². The van der Waals surface area contributed by atoms with E-state index in [2.05, 4.69) is 10.1 Å². The Kier molecular flexibility index (Phi) is 3.10. The van der Waals surface area contributed by atoms with E-state index >= 15 is 0 Å². The molecule has 0 atom stereocenters. The summed E-state index contributed by atoms with van der Waals surface area (Å²) in [6.07, 6.45) is 4.37. The van der Waals surface area contributed by atoms with Crippen LogP contribution >= 0.6 is 11.3 Å². The van der Waals surface area contributed by atoms with E-state index in [1.807, 2.05) is 0 Å². The highest BCUT2D eigenvalue weighted by Crippen LogP contribution is 2.18. The second-order valence-electron chi connectivity index (χ2n) is 4.07. The van der Waals surface area contributed by atoms with Gasteiger partial charge in [0, 0.05) is 0 Å². The van der Waals surface area contributed by atoms with E-state index in [9.17, 15) is 14.9 Å². The zero-order chi connectivity index (χ0) is 15.0. The van der Waals surface area contributed by atoms with Crippen molar-refractivity contribution < 1.29 is 9.34 Å². The van der Waals surface area contributed by atoms with Gasteiger partial charge in [-0.05, 0) is 31.2 Å². The maximum atomic E-state index is 12.1. The third-order valence-electron chi connectivity index (χ3n) is 2.65. The summed E-state index contributed by atoms with van der Waals surface area (Å²) in [4.78, 5) is 26.9. The molecule has 3 heterocycles. The van der Waals surface area contributed by atoms with E-state index in [1.54, 1.807) is 19.1 Å². The van der Waals surface area contributed by atoms with Crippen molar-refractivity contribution in [1.82, 2.24) is 14.6 Å². The lowest BCUT2D eigenvalue weighted by molar-refractivity contribution is -0.386. The summed E-state index contributed by atoms with van der Waals surface area (Å²) in [6.45, 7) is 1.70. The van der Waals surface area contributed by atoms with E-state index in [0.29, 0.717) is 15.7 Å². The monoisotopic (exact) mass is 304 g/mol. The maximum Gasteiger partial charge on any atom is 0.361 e. The minimum Gasteiger partial charge on any atom is -0.465 e. The molecular formula is C12H8N4O4S. The van der Waals surface area contributed by atoms with Gasteiger partial charge in [-0.2, -0.15) is 9.61 Å². The summed E-state index contributed by atoms with van der Waals surface area (Å²) in [5, 5.41) is 15.6. The van der Waals surface area contributed by atoms with Crippen LogP contribution in [0.2, 0.25) is 0 Å². The maximum absolute atomic E-state index is 12.1. The highest BCUT2D eigenvalue weighted by Gasteiger charge is 2.23. The molecule has 0 bridgehead atoms. The van der Waals surface area contributed by atoms with Gasteiger partial charge in [0.2, 0.25) is 4.96 Å². The molecule has 0 unspecified atom stereocenters. The number of aromatic nitrogens is 3. The summed E-state index contributed by atoms with van der Waals surface area (Å²) in [6, 6.07) is 3.37. The predicted octanol–water partition coefficient (Wildman–Crippen LogP) is 2.13. The minimum absolute atomic E-state index is 0.0231. The van der Waals surface area contributed by atoms with Gasteiger partial charge in [-0.1, -0.05) is 11.3 Å². The molecule has 9 heteroatoms.